The maximum Gasteiger partial charge on any atom is 0.186 e. The quantitative estimate of drug-likeness (QED) is 0.133. The van der Waals surface area contributed by atoms with Gasteiger partial charge in [0.2, 0.25) is 0 Å². The maximum absolute atomic E-state index is 14.6. The van der Waals surface area contributed by atoms with Gasteiger partial charge in [-0.15, -0.1) is 0 Å². The van der Waals surface area contributed by atoms with Crippen molar-refractivity contribution in [3.05, 3.63) is 151 Å². The van der Waals surface area contributed by atoms with Gasteiger partial charge in [-0.25, -0.2) is 9.37 Å². The second-order valence-electron chi connectivity index (χ2n) is 16.4. The SMILES string of the molecule is [2H]C([2H])([2H])c1cccc2c1[N@@+]1(c3cccc(C(C)(C)C)c3)[CH-][N@+]2(c2cccc(Oc3ccc4c5cc(F)ccc5n(-c5cc(C(C)(C)C)ccn5)c4c3)c2)C1. The molecule has 260 valence electrons. The summed E-state index contributed by atoms with van der Waals surface area (Å²) < 4.78 is 49.7. The number of aromatic nitrogens is 2. The first-order valence-electron chi connectivity index (χ1n) is 19.4. The summed E-state index contributed by atoms with van der Waals surface area (Å²) in [4.78, 5) is 4.77. The molecule has 0 amide bonds. The highest BCUT2D eigenvalue weighted by Gasteiger charge is 2.63. The summed E-state index contributed by atoms with van der Waals surface area (Å²) in [6.45, 7) is 13.7. The van der Waals surface area contributed by atoms with Crippen molar-refractivity contribution in [3.8, 4) is 17.3 Å². The summed E-state index contributed by atoms with van der Waals surface area (Å²) in [6.07, 6.45) is 1.83. The average molecular weight is 691 g/mol. The van der Waals surface area contributed by atoms with E-state index in [-0.39, 0.29) is 16.6 Å². The van der Waals surface area contributed by atoms with Crippen molar-refractivity contribution >= 4 is 44.6 Å². The number of hydrogen-bond acceptors (Lipinski definition) is 2. The van der Waals surface area contributed by atoms with E-state index in [1.165, 1.54) is 11.6 Å². The largest absolute Gasteiger partial charge is 0.457 e. The lowest BCUT2D eigenvalue weighted by atomic mass is 9.86. The van der Waals surface area contributed by atoms with E-state index in [2.05, 4.69) is 101 Å². The van der Waals surface area contributed by atoms with Crippen LogP contribution in [0.15, 0.2) is 121 Å². The zero-order chi connectivity index (χ0) is 38.7. The first-order valence-corrected chi connectivity index (χ1v) is 17.9. The lowest BCUT2D eigenvalue weighted by Gasteiger charge is -2.56. The van der Waals surface area contributed by atoms with Crippen molar-refractivity contribution in [2.24, 2.45) is 0 Å². The van der Waals surface area contributed by atoms with E-state index in [1.54, 1.807) is 18.2 Å². The Balaban J connectivity index is 1.13. The van der Waals surface area contributed by atoms with Crippen molar-refractivity contribution < 1.29 is 13.2 Å². The van der Waals surface area contributed by atoms with E-state index in [1.807, 2.05) is 48.7 Å². The predicted molar refractivity (Wildman–Crippen MR) is 212 cm³/mol. The second kappa shape index (κ2) is 11.1. The molecule has 0 N–H and O–H groups in total. The lowest BCUT2D eigenvalue weighted by molar-refractivity contribution is 0.186. The molecule has 52 heavy (non-hydrogen) atoms. The summed E-state index contributed by atoms with van der Waals surface area (Å²) in [7, 11) is 0. The van der Waals surface area contributed by atoms with Gasteiger partial charge in [0.15, 0.2) is 18.0 Å². The topological polar surface area (TPSA) is 27.1 Å². The normalized spacial score (nSPS) is 20.6. The molecule has 10 rings (SSSR count). The molecule has 2 bridgehead atoms. The number of fused-ring (bicyclic) bond motifs is 3. The van der Waals surface area contributed by atoms with E-state index >= 15 is 0 Å². The van der Waals surface area contributed by atoms with Gasteiger partial charge in [0.05, 0.1) is 17.7 Å². The standard InChI is InChI=1S/C46H44FN4O/c1-30-11-8-16-42-44(30)51(34-13-9-12-31(23-34)45(2,3)4)28-50(42,29-51)35-14-10-15-36(26-35)52-37-18-19-38-39-25-33(47)17-20-40(39)49(41(38)27-37)43-24-32(21-22-48-43)46(5,6)7/h8-28H,29H2,1-7H3/q+1/t50-,51+/m1/s1/i1D3. The molecule has 0 radical (unpaired) electrons. The van der Waals surface area contributed by atoms with Crippen LogP contribution in [-0.4, -0.2) is 16.2 Å². The molecule has 5 nitrogen and oxygen atoms in total. The Labute approximate surface area is 309 Å². The Morgan fingerprint density at radius 2 is 1.42 bits per heavy atom. The molecule has 5 heterocycles. The van der Waals surface area contributed by atoms with Crippen LogP contribution in [0.25, 0.3) is 27.6 Å². The molecule has 0 saturated carbocycles. The predicted octanol–water partition coefficient (Wildman–Crippen LogP) is 12.4. The number of benzene rings is 5. The molecule has 3 aliphatic rings. The van der Waals surface area contributed by atoms with Gasteiger partial charge in [-0.3, -0.25) is 13.5 Å². The molecule has 1 saturated heterocycles. The highest BCUT2D eigenvalue weighted by Crippen LogP contribution is 2.66. The molecule has 3 aliphatic heterocycles. The van der Waals surface area contributed by atoms with Gasteiger partial charge in [0.25, 0.3) is 0 Å². The molecule has 0 spiro atoms. The van der Waals surface area contributed by atoms with Gasteiger partial charge in [-0.1, -0.05) is 71.9 Å². The van der Waals surface area contributed by atoms with Gasteiger partial charge in [0, 0.05) is 50.9 Å². The Morgan fingerprint density at radius 1 is 0.712 bits per heavy atom. The Kier molecular flexibility index (Phi) is 6.25. The number of hydrogen-bond donors (Lipinski definition) is 0. The van der Waals surface area contributed by atoms with Crippen LogP contribution in [0.4, 0.5) is 27.1 Å². The van der Waals surface area contributed by atoms with Crippen molar-refractivity contribution in [1.29, 1.82) is 0 Å². The second-order valence-corrected chi connectivity index (χ2v) is 16.4. The van der Waals surface area contributed by atoms with Crippen molar-refractivity contribution in [2.75, 3.05) is 6.67 Å². The maximum atomic E-state index is 14.6. The summed E-state index contributed by atoms with van der Waals surface area (Å²) in [6, 6.07) is 37.2. The molecule has 2 aromatic heterocycles. The molecular formula is C46H44FN4O+. The van der Waals surface area contributed by atoms with E-state index < -0.39 is 6.85 Å². The molecule has 7 aromatic rings. The minimum absolute atomic E-state index is 0.0660. The number of aryl methyl sites for hydroxylation is 1. The fraction of sp³-hybridized carbons (Fsp3) is 0.217. The molecule has 5 aromatic carbocycles. The van der Waals surface area contributed by atoms with Crippen LogP contribution < -0.4 is 13.7 Å². The van der Waals surface area contributed by atoms with Crippen LogP contribution in [0.1, 0.15) is 62.3 Å². The Hall–Kier alpha value is -5.30. The number of para-hydroxylation sites is 1. The van der Waals surface area contributed by atoms with Crippen LogP contribution in [0.2, 0.25) is 0 Å². The van der Waals surface area contributed by atoms with E-state index in [9.17, 15) is 4.39 Å². The fourth-order valence-corrected chi connectivity index (χ4v) is 8.21. The van der Waals surface area contributed by atoms with Crippen LogP contribution in [0.5, 0.6) is 11.5 Å². The molecule has 6 heteroatoms. The minimum Gasteiger partial charge on any atom is -0.457 e. The molecule has 0 aliphatic carbocycles. The monoisotopic (exact) mass is 690 g/mol. The number of nitrogens with zero attached hydrogens (tertiary/aromatic N) is 4. The first kappa shape index (κ1) is 29.3. The van der Waals surface area contributed by atoms with Crippen LogP contribution in [-0.2, 0) is 10.8 Å². The van der Waals surface area contributed by atoms with Crippen molar-refractivity contribution in [3.63, 3.8) is 0 Å². The number of halogens is 1. The summed E-state index contributed by atoms with van der Waals surface area (Å²) in [5.41, 5.74) is 8.09. The third kappa shape index (κ3) is 4.85. The number of pyridine rings is 1. The molecule has 2 atom stereocenters. The number of rotatable bonds is 5. The molecule has 0 unspecified atom stereocenters. The van der Waals surface area contributed by atoms with Crippen LogP contribution in [0.3, 0.4) is 0 Å². The lowest BCUT2D eigenvalue weighted by Crippen LogP contribution is -2.67. The average Bonchev–Trinajstić information content (AvgIpc) is 3.71. The molecular weight excluding hydrogens is 644 g/mol. The Bertz CT molecular complexity index is 2680. The highest BCUT2D eigenvalue weighted by atomic mass is 19.1. The first-order chi connectivity index (χ1) is 26.0. The van der Waals surface area contributed by atoms with E-state index in [0.717, 1.165) is 55.9 Å². The van der Waals surface area contributed by atoms with Crippen LogP contribution in [0, 0.1) is 19.3 Å². The highest BCUT2D eigenvalue weighted by molar-refractivity contribution is 6.09. The van der Waals surface area contributed by atoms with Crippen molar-refractivity contribution in [2.45, 2.75) is 59.2 Å². The van der Waals surface area contributed by atoms with Gasteiger partial charge in [-0.2, -0.15) is 0 Å². The number of quaternary nitrogens is 2. The third-order valence-corrected chi connectivity index (χ3v) is 10.9. The van der Waals surface area contributed by atoms with Gasteiger partial charge < -0.3 is 4.74 Å². The zero-order valence-corrected chi connectivity index (χ0v) is 30.4. The van der Waals surface area contributed by atoms with Crippen LogP contribution >= 0.6 is 0 Å². The summed E-state index contributed by atoms with van der Waals surface area (Å²) in [5.74, 6) is 1.74. The summed E-state index contributed by atoms with van der Waals surface area (Å²) in [5, 5.41) is 1.70. The van der Waals surface area contributed by atoms with Gasteiger partial charge >= 0.3 is 0 Å². The zero-order valence-electron chi connectivity index (χ0n) is 33.4. The minimum atomic E-state index is -2.28. The van der Waals surface area contributed by atoms with Gasteiger partial charge in [0.1, 0.15) is 34.5 Å². The van der Waals surface area contributed by atoms with Crippen molar-refractivity contribution in [1.82, 2.24) is 18.5 Å². The molecule has 1 fully saturated rings. The van der Waals surface area contributed by atoms with Gasteiger partial charge in [-0.05, 0) is 89.5 Å². The number of ether oxygens (including phenoxy) is 1. The fourth-order valence-electron chi connectivity index (χ4n) is 8.21. The smallest absolute Gasteiger partial charge is 0.186 e. The summed E-state index contributed by atoms with van der Waals surface area (Å²) >= 11 is 0. The van der Waals surface area contributed by atoms with E-state index in [0.29, 0.717) is 32.7 Å². The Morgan fingerprint density at radius 3 is 2.19 bits per heavy atom. The third-order valence-electron chi connectivity index (χ3n) is 10.9. The van der Waals surface area contributed by atoms with E-state index in [4.69, 9.17) is 13.8 Å².